The van der Waals surface area contributed by atoms with Gasteiger partial charge in [-0.2, -0.15) is 0 Å². The number of methoxy groups -OCH3 is 1. The summed E-state index contributed by atoms with van der Waals surface area (Å²) in [5.41, 5.74) is 0.289. The zero-order valence-electron chi connectivity index (χ0n) is 12.7. The molecule has 0 N–H and O–H groups in total. The number of hydrogen-bond donors (Lipinski definition) is 0. The van der Waals surface area contributed by atoms with E-state index in [1.807, 2.05) is 0 Å². The average Bonchev–Trinajstić information content (AvgIpc) is 3.14. The molecule has 0 saturated carbocycles. The molecule has 5 nitrogen and oxygen atoms in total. The van der Waals surface area contributed by atoms with E-state index in [0.29, 0.717) is 0 Å². The van der Waals surface area contributed by atoms with Crippen LogP contribution in [0.1, 0.15) is 37.3 Å². The van der Waals surface area contributed by atoms with E-state index in [9.17, 15) is 13.6 Å². The Kier molecular flexibility index (Phi) is 3.07. The van der Waals surface area contributed by atoms with Crippen LogP contribution >= 0.6 is 0 Å². The van der Waals surface area contributed by atoms with Gasteiger partial charge in [0, 0.05) is 6.04 Å². The number of alkyl halides is 2. The molecule has 2 fully saturated rings. The van der Waals surface area contributed by atoms with Gasteiger partial charge in [0.15, 0.2) is 11.5 Å². The van der Waals surface area contributed by atoms with Gasteiger partial charge < -0.3 is 14.2 Å². The van der Waals surface area contributed by atoms with Crippen molar-refractivity contribution in [3.63, 3.8) is 0 Å². The van der Waals surface area contributed by atoms with Crippen molar-refractivity contribution in [2.24, 2.45) is 0 Å². The molecule has 1 aromatic carbocycles. The maximum atomic E-state index is 13.2. The quantitative estimate of drug-likeness (QED) is 0.783. The van der Waals surface area contributed by atoms with E-state index in [4.69, 9.17) is 4.74 Å². The van der Waals surface area contributed by atoms with Gasteiger partial charge in [-0.25, -0.2) is 0 Å². The minimum atomic E-state index is -3.61. The molecule has 0 amide bonds. The first-order valence-electron chi connectivity index (χ1n) is 7.70. The maximum Gasteiger partial charge on any atom is 0.586 e. The van der Waals surface area contributed by atoms with Crippen molar-refractivity contribution in [3.05, 3.63) is 23.8 Å². The highest BCUT2D eigenvalue weighted by Crippen LogP contribution is 2.51. The smallest absolute Gasteiger partial charge is 0.468 e. The Labute approximate surface area is 132 Å². The lowest BCUT2D eigenvalue weighted by Crippen LogP contribution is -2.47. The van der Waals surface area contributed by atoms with Gasteiger partial charge in [0.1, 0.15) is 5.54 Å². The number of carbonyl (C=O) groups is 1. The first kappa shape index (κ1) is 14.7. The number of nitrogens with zero attached hydrogens (tertiary/aromatic N) is 1. The highest BCUT2D eigenvalue weighted by Gasteiger charge is 2.55. The van der Waals surface area contributed by atoms with Crippen LogP contribution in [0.3, 0.4) is 0 Å². The molecule has 0 aliphatic carbocycles. The number of hydrogen-bond acceptors (Lipinski definition) is 5. The van der Waals surface area contributed by atoms with Crippen molar-refractivity contribution in [1.82, 2.24) is 4.90 Å². The van der Waals surface area contributed by atoms with Gasteiger partial charge in [-0.05, 0) is 49.9 Å². The first-order chi connectivity index (χ1) is 11.0. The van der Waals surface area contributed by atoms with E-state index in [-0.39, 0.29) is 23.5 Å². The summed E-state index contributed by atoms with van der Waals surface area (Å²) in [6.07, 6.45) is -0.410. The Morgan fingerprint density at radius 3 is 2.87 bits per heavy atom. The molecule has 0 spiro atoms. The van der Waals surface area contributed by atoms with Gasteiger partial charge in [-0.1, -0.05) is 6.07 Å². The van der Waals surface area contributed by atoms with Crippen molar-refractivity contribution in [2.75, 3.05) is 13.7 Å². The maximum absolute atomic E-state index is 13.2. The van der Waals surface area contributed by atoms with Gasteiger partial charge in [0.05, 0.1) is 7.11 Å². The normalized spacial score (nSPS) is 31.2. The average molecular weight is 325 g/mol. The second-order valence-electron chi connectivity index (χ2n) is 6.25. The van der Waals surface area contributed by atoms with E-state index >= 15 is 0 Å². The molecule has 124 valence electrons. The molecule has 3 aliphatic rings. The topological polar surface area (TPSA) is 48.0 Å². The Hall–Kier alpha value is -1.89. The highest BCUT2D eigenvalue weighted by molar-refractivity contribution is 5.81. The predicted molar refractivity (Wildman–Crippen MR) is 75.3 cm³/mol. The van der Waals surface area contributed by atoms with Gasteiger partial charge >= 0.3 is 12.3 Å². The molecule has 2 saturated heterocycles. The number of carbonyl (C=O) groups excluding carboxylic acids is 1. The van der Waals surface area contributed by atoms with Gasteiger partial charge in [0.2, 0.25) is 0 Å². The van der Waals surface area contributed by atoms with Crippen LogP contribution in [-0.4, -0.2) is 36.4 Å². The molecule has 4 rings (SSSR count). The van der Waals surface area contributed by atoms with Gasteiger partial charge in [-0.15, -0.1) is 8.78 Å². The van der Waals surface area contributed by atoms with Crippen LogP contribution in [0.2, 0.25) is 0 Å². The fraction of sp³-hybridized carbons (Fsp3) is 0.562. The third-order valence-electron chi connectivity index (χ3n) is 5.12. The summed E-state index contributed by atoms with van der Waals surface area (Å²) in [7, 11) is 1.41. The molecule has 3 aliphatic heterocycles. The van der Waals surface area contributed by atoms with Crippen LogP contribution in [-0.2, 0) is 9.53 Å². The largest absolute Gasteiger partial charge is 0.586 e. The number of rotatable bonds is 2. The summed E-state index contributed by atoms with van der Waals surface area (Å²) >= 11 is 0. The zero-order chi connectivity index (χ0) is 16.2. The minimum Gasteiger partial charge on any atom is -0.468 e. The fourth-order valence-electron chi connectivity index (χ4n) is 4.18. The molecular weight excluding hydrogens is 308 g/mol. The Morgan fingerprint density at radius 1 is 1.30 bits per heavy atom. The Morgan fingerprint density at radius 2 is 2.09 bits per heavy atom. The number of esters is 1. The number of benzene rings is 1. The van der Waals surface area contributed by atoms with Crippen LogP contribution in [0, 0.1) is 0 Å². The summed E-state index contributed by atoms with van der Waals surface area (Å²) in [5.74, 6) is -0.121. The highest BCUT2D eigenvalue weighted by atomic mass is 19.3. The molecular formula is C16H17F2NO4. The number of halogens is 2. The van der Waals surface area contributed by atoms with Crippen molar-refractivity contribution < 1.29 is 27.8 Å². The second kappa shape index (κ2) is 4.80. The van der Waals surface area contributed by atoms with Crippen molar-refractivity contribution in [1.29, 1.82) is 0 Å². The van der Waals surface area contributed by atoms with Gasteiger partial charge in [-0.3, -0.25) is 9.69 Å². The molecule has 3 heterocycles. The minimum absolute atomic E-state index is 0.000257. The molecule has 0 radical (unpaired) electrons. The number of ether oxygens (including phenoxy) is 3. The van der Waals surface area contributed by atoms with E-state index in [1.54, 1.807) is 12.1 Å². The standard InChI is InChI=1S/C16H17F2NO4/c1-21-14(20)15-6-2-8-19(15)11(5-7-15)10-3-4-12-13(9-10)23-16(17,18)22-12/h3-4,9,11H,2,5-8H2,1H3/t11-,15+/m0/s1. The van der Waals surface area contributed by atoms with Crippen LogP contribution < -0.4 is 9.47 Å². The SMILES string of the molecule is COC(=O)[C@]12CCCN1[C@H](c1ccc3c(c1)OC(F)(F)O3)CC2. The molecule has 0 bridgehead atoms. The van der Waals surface area contributed by atoms with Crippen LogP contribution in [0.5, 0.6) is 11.5 Å². The molecule has 0 unspecified atom stereocenters. The third-order valence-corrected chi connectivity index (χ3v) is 5.12. The van der Waals surface area contributed by atoms with Crippen LogP contribution in [0.15, 0.2) is 18.2 Å². The lowest BCUT2D eigenvalue weighted by molar-refractivity contribution is -0.286. The van der Waals surface area contributed by atoms with Crippen molar-refractivity contribution in [2.45, 2.75) is 43.6 Å². The van der Waals surface area contributed by atoms with E-state index < -0.39 is 11.8 Å². The van der Waals surface area contributed by atoms with Crippen molar-refractivity contribution in [3.8, 4) is 11.5 Å². The summed E-state index contributed by atoms with van der Waals surface area (Å²) in [6.45, 7) is 0.796. The van der Waals surface area contributed by atoms with Gasteiger partial charge in [0.25, 0.3) is 0 Å². The van der Waals surface area contributed by atoms with E-state index in [0.717, 1.165) is 37.8 Å². The summed E-state index contributed by atoms with van der Waals surface area (Å²) < 4.78 is 40.3. The van der Waals surface area contributed by atoms with Crippen molar-refractivity contribution >= 4 is 5.97 Å². The number of fused-ring (bicyclic) bond motifs is 2. The Bertz CT molecular complexity index is 665. The summed E-state index contributed by atoms with van der Waals surface area (Å²) in [6, 6.07) is 4.85. The lowest BCUT2D eigenvalue weighted by atomic mass is 9.94. The molecule has 7 heteroatoms. The second-order valence-corrected chi connectivity index (χ2v) is 6.25. The van der Waals surface area contributed by atoms with E-state index in [2.05, 4.69) is 14.4 Å². The molecule has 0 aromatic heterocycles. The lowest BCUT2D eigenvalue weighted by Gasteiger charge is -2.32. The monoisotopic (exact) mass is 325 g/mol. The Balaban J connectivity index is 1.64. The molecule has 1 aromatic rings. The summed E-state index contributed by atoms with van der Waals surface area (Å²) in [5, 5.41) is 0. The molecule has 2 atom stereocenters. The van der Waals surface area contributed by atoms with Crippen LogP contribution in [0.25, 0.3) is 0 Å². The summed E-state index contributed by atoms with van der Waals surface area (Å²) in [4.78, 5) is 14.4. The first-order valence-corrected chi connectivity index (χ1v) is 7.70. The third kappa shape index (κ3) is 2.09. The van der Waals surface area contributed by atoms with E-state index in [1.165, 1.54) is 13.2 Å². The van der Waals surface area contributed by atoms with Crippen LogP contribution in [0.4, 0.5) is 8.78 Å². The zero-order valence-corrected chi connectivity index (χ0v) is 12.7. The fourth-order valence-corrected chi connectivity index (χ4v) is 4.18. The molecule has 23 heavy (non-hydrogen) atoms. The predicted octanol–water partition coefficient (Wildman–Crippen LogP) is 2.85.